The molecule has 0 aliphatic carbocycles. The van der Waals surface area contributed by atoms with Gasteiger partial charge in [-0.3, -0.25) is 19.0 Å². The van der Waals surface area contributed by atoms with E-state index >= 15 is 0 Å². The quantitative estimate of drug-likeness (QED) is 0.238. The lowest BCUT2D eigenvalue weighted by atomic mass is 10.1. The van der Waals surface area contributed by atoms with E-state index in [9.17, 15) is 18.8 Å². The molecule has 1 fully saturated rings. The summed E-state index contributed by atoms with van der Waals surface area (Å²) < 4.78 is 20.1. The maximum atomic E-state index is 13.4. The maximum absolute atomic E-state index is 13.4. The fourth-order valence-electron chi connectivity index (χ4n) is 3.96. The Morgan fingerprint density at radius 1 is 1.26 bits per heavy atom. The minimum absolute atomic E-state index is 0.115. The summed E-state index contributed by atoms with van der Waals surface area (Å²) in [5, 5.41) is 5.64. The van der Waals surface area contributed by atoms with E-state index in [0.29, 0.717) is 60.0 Å². The lowest BCUT2D eigenvalue weighted by molar-refractivity contribution is -0.127. The number of nitrogens with one attached hydrogen (secondary N) is 1. The molecule has 35 heavy (non-hydrogen) atoms. The van der Waals surface area contributed by atoms with Crippen molar-refractivity contribution in [2.45, 2.75) is 31.0 Å². The molecule has 1 N–H and O–H groups in total. The summed E-state index contributed by atoms with van der Waals surface area (Å²) in [5.41, 5.74) is 1.23. The number of aromatic nitrogens is 2. The zero-order valence-corrected chi connectivity index (χ0v) is 21.1. The first kappa shape index (κ1) is 25.3. The largest absolute Gasteiger partial charge is 0.383 e. The normalized spacial score (nSPS) is 13.7. The lowest BCUT2D eigenvalue weighted by Gasteiger charge is -2.15. The Bertz CT molecular complexity index is 1260. The molecule has 1 saturated heterocycles. The molecule has 11 heteroatoms. The van der Waals surface area contributed by atoms with E-state index in [1.54, 1.807) is 19.2 Å². The molecule has 186 valence electrons. The van der Waals surface area contributed by atoms with Gasteiger partial charge in [-0.2, -0.15) is 0 Å². The van der Waals surface area contributed by atoms with Crippen LogP contribution in [0.1, 0.15) is 19.3 Å². The molecule has 8 nitrogen and oxygen atoms in total. The van der Waals surface area contributed by atoms with Crippen LogP contribution in [0.15, 0.2) is 39.6 Å². The van der Waals surface area contributed by atoms with Gasteiger partial charge in [0.15, 0.2) is 5.16 Å². The van der Waals surface area contributed by atoms with Crippen LogP contribution >= 0.6 is 23.1 Å². The second kappa shape index (κ2) is 11.8. The molecule has 4 rings (SSSR count). The van der Waals surface area contributed by atoms with Crippen molar-refractivity contribution in [2.75, 3.05) is 39.1 Å². The van der Waals surface area contributed by atoms with E-state index in [4.69, 9.17) is 4.74 Å². The van der Waals surface area contributed by atoms with Crippen LogP contribution in [0.2, 0.25) is 0 Å². The van der Waals surface area contributed by atoms with Gasteiger partial charge in [0.2, 0.25) is 11.8 Å². The van der Waals surface area contributed by atoms with Gasteiger partial charge in [0, 0.05) is 44.1 Å². The van der Waals surface area contributed by atoms with Gasteiger partial charge in [-0.1, -0.05) is 23.9 Å². The third-order valence-electron chi connectivity index (χ3n) is 5.76. The van der Waals surface area contributed by atoms with Crippen molar-refractivity contribution in [1.29, 1.82) is 0 Å². The fourth-order valence-corrected chi connectivity index (χ4v) is 5.80. The van der Waals surface area contributed by atoms with Crippen LogP contribution in [-0.2, 0) is 20.9 Å². The first-order chi connectivity index (χ1) is 17.0. The average molecular weight is 519 g/mol. The molecule has 0 radical (unpaired) electrons. The van der Waals surface area contributed by atoms with Crippen LogP contribution in [-0.4, -0.2) is 65.4 Å². The van der Waals surface area contributed by atoms with Gasteiger partial charge in [-0.05, 0) is 30.5 Å². The number of carbonyl (C=O) groups is 2. The fraction of sp³-hybridized carbons (Fsp3) is 0.417. The van der Waals surface area contributed by atoms with Gasteiger partial charge >= 0.3 is 0 Å². The van der Waals surface area contributed by atoms with Crippen LogP contribution in [0, 0.1) is 5.82 Å². The molecular weight excluding hydrogens is 491 g/mol. The number of ether oxygens (including phenoxy) is 1. The average Bonchev–Trinajstić information content (AvgIpc) is 3.46. The monoisotopic (exact) mass is 518 g/mol. The zero-order valence-electron chi connectivity index (χ0n) is 19.4. The van der Waals surface area contributed by atoms with Crippen LogP contribution in [0.3, 0.4) is 0 Å². The van der Waals surface area contributed by atoms with Crippen LogP contribution in [0.4, 0.5) is 4.39 Å². The number of methoxy groups -OCH3 is 1. The van der Waals surface area contributed by atoms with Gasteiger partial charge < -0.3 is 15.0 Å². The molecule has 3 heterocycles. The van der Waals surface area contributed by atoms with E-state index in [1.165, 1.54) is 39.8 Å². The van der Waals surface area contributed by atoms with Crippen molar-refractivity contribution in [1.82, 2.24) is 19.8 Å². The van der Waals surface area contributed by atoms with Crippen LogP contribution in [0.5, 0.6) is 0 Å². The van der Waals surface area contributed by atoms with E-state index in [0.717, 1.165) is 18.5 Å². The van der Waals surface area contributed by atoms with Crippen molar-refractivity contribution in [3.63, 3.8) is 0 Å². The number of benzene rings is 1. The number of rotatable bonds is 11. The van der Waals surface area contributed by atoms with E-state index in [2.05, 4.69) is 10.3 Å². The summed E-state index contributed by atoms with van der Waals surface area (Å²) in [7, 11) is 1.56. The Balaban J connectivity index is 1.45. The smallest absolute Gasteiger partial charge is 0.263 e. The van der Waals surface area contributed by atoms with Crippen molar-refractivity contribution >= 4 is 45.1 Å². The number of halogens is 1. The number of nitrogens with zero attached hydrogens (tertiary/aromatic N) is 3. The minimum atomic E-state index is -0.342. The van der Waals surface area contributed by atoms with Crippen molar-refractivity contribution in [2.24, 2.45) is 0 Å². The minimum Gasteiger partial charge on any atom is -0.383 e. The van der Waals surface area contributed by atoms with E-state index in [-0.39, 0.29) is 28.9 Å². The maximum Gasteiger partial charge on any atom is 0.263 e. The van der Waals surface area contributed by atoms with E-state index < -0.39 is 0 Å². The highest BCUT2D eigenvalue weighted by molar-refractivity contribution is 7.99. The SMILES string of the molecule is COCCn1c(SCC(=O)NCCCN2CCCC2=O)nc2scc(-c3ccc(F)cc3)c2c1=O. The number of carbonyl (C=O) groups excluding carboxylic acids is 2. The predicted octanol–water partition coefficient (Wildman–Crippen LogP) is 3.13. The molecule has 3 aromatic rings. The van der Waals surface area contributed by atoms with Crippen molar-refractivity contribution in [3.8, 4) is 11.1 Å². The molecule has 1 aliphatic heterocycles. The van der Waals surface area contributed by atoms with Gasteiger partial charge in [0.05, 0.1) is 24.3 Å². The highest BCUT2D eigenvalue weighted by Crippen LogP contribution is 2.32. The summed E-state index contributed by atoms with van der Waals surface area (Å²) in [4.78, 5) is 44.6. The summed E-state index contributed by atoms with van der Waals surface area (Å²) in [5.74, 6) is -0.207. The molecule has 0 bridgehead atoms. The van der Waals surface area contributed by atoms with Crippen molar-refractivity contribution in [3.05, 3.63) is 45.8 Å². The third-order valence-corrected chi connectivity index (χ3v) is 7.61. The molecule has 0 unspecified atom stereocenters. The standard InChI is InChI=1S/C24H27FN4O4S2/c1-33-13-12-29-23(32)21-18(16-5-7-17(25)8-6-16)14-34-22(21)27-24(29)35-15-19(30)26-9-3-11-28-10-2-4-20(28)31/h5-8,14H,2-4,9-13,15H2,1H3,(H,26,30). The first-order valence-corrected chi connectivity index (χ1v) is 13.3. The highest BCUT2D eigenvalue weighted by Gasteiger charge is 2.20. The molecular formula is C24H27FN4O4S2. The number of amides is 2. The number of thioether (sulfide) groups is 1. The third kappa shape index (κ3) is 6.09. The Hall–Kier alpha value is -2.76. The Labute approximate surface area is 210 Å². The predicted molar refractivity (Wildman–Crippen MR) is 135 cm³/mol. The van der Waals surface area contributed by atoms with Gasteiger partial charge in [-0.15, -0.1) is 11.3 Å². The Morgan fingerprint density at radius 2 is 2.06 bits per heavy atom. The Morgan fingerprint density at radius 3 is 2.77 bits per heavy atom. The molecule has 2 aromatic heterocycles. The highest BCUT2D eigenvalue weighted by atomic mass is 32.2. The van der Waals surface area contributed by atoms with Crippen molar-refractivity contribution < 1.29 is 18.7 Å². The summed E-state index contributed by atoms with van der Waals surface area (Å²) >= 11 is 2.54. The lowest BCUT2D eigenvalue weighted by Crippen LogP contribution is -2.31. The van der Waals surface area contributed by atoms with Gasteiger partial charge in [0.25, 0.3) is 5.56 Å². The summed E-state index contributed by atoms with van der Waals surface area (Å²) in [6.07, 6.45) is 2.21. The number of fused-ring (bicyclic) bond motifs is 1. The van der Waals surface area contributed by atoms with Gasteiger partial charge in [-0.25, -0.2) is 9.37 Å². The Kier molecular flexibility index (Phi) is 8.53. The topological polar surface area (TPSA) is 93.5 Å². The first-order valence-electron chi connectivity index (χ1n) is 11.4. The summed E-state index contributed by atoms with van der Waals surface area (Å²) in [6, 6.07) is 6.01. The van der Waals surface area contributed by atoms with Crippen LogP contribution < -0.4 is 10.9 Å². The summed E-state index contributed by atoms with van der Waals surface area (Å²) in [6.45, 7) is 2.54. The zero-order chi connectivity index (χ0) is 24.8. The molecule has 0 saturated carbocycles. The second-order valence-corrected chi connectivity index (χ2v) is 9.96. The van der Waals surface area contributed by atoms with Gasteiger partial charge in [0.1, 0.15) is 10.6 Å². The molecule has 0 spiro atoms. The molecule has 1 aromatic carbocycles. The number of likely N-dealkylation sites (tertiary alicyclic amines) is 1. The number of hydrogen-bond donors (Lipinski definition) is 1. The molecule has 1 aliphatic rings. The van der Waals surface area contributed by atoms with E-state index in [1.807, 2.05) is 10.3 Å². The molecule has 0 atom stereocenters. The molecule has 2 amide bonds. The number of hydrogen-bond acceptors (Lipinski definition) is 7. The second-order valence-electron chi connectivity index (χ2n) is 8.16. The van der Waals surface area contributed by atoms with Crippen LogP contribution in [0.25, 0.3) is 21.3 Å². The number of thiophene rings is 1.